The molecule has 6 nitrogen and oxygen atoms in total. The molecule has 10 heteroatoms. The van der Waals surface area contributed by atoms with Crippen LogP contribution in [-0.2, 0) is 14.8 Å². The van der Waals surface area contributed by atoms with Crippen molar-refractivity contribution in [1.29, 1.82) is 0 Å². The summed E-state index contributed by atoms with van der Waals surface area (Å²) in [6, 6.07) is 11.7. The number of carbonyl (C=O) groups excluding carboxylic acids is 1. The topological polar surface area (TPSA) is 66.9 Å². The van der Waals surface area contributed by atoms with E-state index in [4.69, 9.17) is 11.6 Å². The van der Waals surface area contributed by atoms with Crippen LogP contribution in [0.3, 0.4) is 0 Å². The Morgan fingerprint density at radius 3 is 2.40 bits per heavy atom. The fourth-order valence-corrected chi connectivity index (χ4v) is 6.31. The lowest BCUT2D eigenvalue weighted by Gasteiger charge is -2.32. The van der Waals surface area contributed by atoms with Crippen LogP contribution in [0.15, 0.2) is 53.4 Å². The number of anilines is 1. The van der Waals surface area contributed by atoms with Gasteiger partial charge in [-0.15, -0.1) is 0 Å². The fourth-order valence-electron chi connectivity index (χ4n) is 4.24. The largest absolute Gasteiger partial charge is 0.435 e. The molecule has 2 aliphatic rings. The van der Waals surface area contributed by atoms with E-state index in [0.717, 1.165) is 0 Å². The lowest BCUT2D eigenvalue weighted by molar-refractivity contribution is -0.124. The van der Waals surface area contributed by atoms with Crippen LogP contribution < -0.4 is 9.64 Å². The zero-order valence-corrected chi connectivity index (χ0v) is 17.4. The summed E-state index contributed by atoms with van der Waals surface area (Å²) >= 11 is 6.25. The molecule has 30 heavy (non-hydrogen) atoms. The summed E-state index contributed by atoms with van der Waals surface area (Å²) in [5, 5.41) is 0.421. The highest BCUT2D eigenvalue weighted by Gasteiger charge is 2.57. The maximum atomic E-state index is 13.4. The van der Waals surface area contributed by atoms with Crippen molar-refractivity contribution in [3.63, 3.8) is 0 Å². The van der Waals surface area contributed by atoms with Gasteiger partial charge in [0.25, 0.3) is 0 Å². The average Bonchev–Trinajstić information content (AvgIpc) is 3.28. The summed E-state index contributed by atoms with van der Waals surface area (Å²) in [6.07, 6.45) is 1.31. The van der Waals surface area contributed by atoms with Gasteiger partial charge in [0.15, 0.2) is 0 Å². The normalized spacial score (nSPS) is 22.4. The Kier molecular flexibility index (Phi) is 5.46. The predicted octanol–water partition coefficient (Wildman–Crippen LogP) is 3.90. The maximum absolute atomic E-state index is 13.4. The number of hydrogen-bond acceptors (Lipinski definition) is 4. The highest BCUT2D eigenvalue weighted by molar-refractivity contribution is 7.89. The van der Waals surface area contributed by atoms with E-state index in [9.17, 15) is 22.0 Å². The van der Waals surface area contributed by atoms with Gasteiger partial charge in [0.2, 0.25) is 15.9 Å². The van der Waals surface area contributed by atoms with Crippen LogP contribution in [0, 0.1) is 0 Å². The standard InChI is InChI=1S/C20H19ClF2N2O4S/c21-16-4-1-2-5-17(16)24-13-11-20(18(24)26)10-3-12-25(20)30(27,28)15-8-6-14(7-9-15)29-19(22)23/h1-2,4-9,19H,3,10-13H2. The van der Waals surface area contributed by atoms with Crippen LogP contribution in [0.1, 0.15) is 19.3 Å². The zero-order chi connectivity index (χ0) is 21.5. The van der Waals surface area contributed by atoms with E-state index in [2.05, 4.69) is 4.74 Å². The molecule has 2 aromatic rings. The summed E-state index contributed by atoms with van der Waals surface area (Å²) in [5.74, 6) is -0.434. The smallest absolute Gasteiger partial charge is 0.387 e. The lowest BCUT2D eigenvalue weighted by Crippen LogP contribution is -2.52. The molecule has 4 rings (SSSR count). The zero-order valence-electron chi connectivity index (χ0n) is 15.8. The van der Waals surface area contributed by atoms with Crippen molar-refractivity contribution in [2.24, 2.45) is 0 Å². The first-order valence-electron chi connectivity index (χ1n) is 9.40. The molecule has 2 aliphatic heterocycles. The van der Waals surface area contributed by atoms with E-state index in [-0.39, 0.29) is 23.1 Å². The molecule has 0 radical (unpaired) electrons. The van der Waals surface area contributed by atoms with Crippen LogP contribution in [0.4, 0.5) is 14.5 Å². The highest BCUT2D eigenvalue weighted by atomic mass is 35.5. The Hall–Kier alpha value is -2.23. The molecule has 2 heterocycles. The molecule has 160 valence electrons. The van der Waals surface area contributed by atoms with Gasteiger partial charge in [-0.1, -0.05) is 23.7 Å². The van der Waals surface area contributed by atoms with E-state index in [1.54, 1.807) is 24.3 Å². The van der Waals surface area contributed by atoms with Gasteiger partial charge in [-0.05, 0) is 55.7 Å². The number of benzene rings is 2. The fraction of sp³-hybridized carbons (Fsp3) is 0.350. The molecule has 1 atom stereocenters. The minimum absolute atomic E-state index is 0.0746. The van der Waals surface area contributed by atoms with Gasteiger partial charge in [-0.25, -0.2) is 8.42 Å². The van der Waals surface area contributed by atoms with Crippen molar-refractivity contribution in [2.75, 3.05) is 18.0 Å². The molecule has 2 saturated heterocycles. The third kappa shape index (κ3) is 3.44. The minimum Gasteiger partial charge on any atom is -0.435 e. The van der Waals surface area contributed by atoms with Gasteiger partial charge in [0.1, 0.15) is 11.3 Å². The molecule has 0 bridgehead atoms. The van der Waals surface area contributed by atoms with Crippen molar-refractivity contribution in [3.05, 3.63) is 53.6 Å². The van der Waals surface area contributed by atoms with Gasteiger partial charge in [-0.2, -0.15) is 13.1 Å². The minimum atomic E-state index is -4.01. The van der Waals surface area contributed by atoms with Crippen molar-refractivity contribution >= 4 is 33.2 Å². The van der Waals surface area contributed by atoms with Crippen LogP contribution in [-0.4, -0.2) is 43.9 Å². The monoisotopic (exact) mass is 456 g/mol. The van der Waals surface area contributed by atoms with Crippen molar-refractivity contribution < 1.29 is 26.7 Å². The number of hydrogen-bond donors (Lipinski definition) is 0. The average molecular weight is 457 g/mol. The van der Waals surface area contributed by atoms with Crippen molar-refractivity contribution in [2.45, 2.75) is 36.3 Å². The number of ether oxygens (including phenoxy) is 1. The third-order valence-corrected chi connectivity index (χ3v) is 7.90. The second kappa shape index (κ2) is 7.79. The second-order valence-electron chi connectivity index (χ2n) is 7.22. The molecule has 0 aromatic heterocycles. The molecular formula is C20H19ClF2N2O4S. The van der Waals surface area contributed by atoms with E-state index < -0.39 is 22.2 Å². The van der Waals surface area contributed by atoms with Gasteiger partial charge < -0.3 is 9.64 Å². The first-order valence-corrected chi connectivity index (χ1v) is 11.2. The van der Waals surface area contributed by atoms with Gasteiger partial charge in [0, 0.05) is 13.1 Å². The number of carbonyl (C=O) groups is 1. The molecular weight excluding hydrogens is 438 g/mol. The molecule has 0 aliphatic carbocycles. The number of alkyl halides is 2. The molecule has 0 N–H and O–H groups in total. The molecule has 1 unspecified atom stereocenters. The molecule has 2 fully saturated rings. The first kappa shape index (κ1) is 21.0. The SMILES string of the molecule is O=C1N(c2ccccc2Cl)CCC12CCCN2S(=O)(=O)c1ccc(OC(F)F)cc1. The highest BCUT2D eigenvalue weighted by Crippen LogP contribution is 2.44. The van der Waals surface area contributed by atoms with E-state index in [1.807, 2.05) is 0 Å². The van der Waals surface area contributed by atoms with Crippen LogP contribution >= 0.6 is 11.6 Å². The predicted molar refractivity (Wildman–Crippen MR) is 107 cm³/mol. The Bertz CT molecular complexity index is 1060. The maximum Gasteiger partial charge on any atom is 0.387 e. The Morgan fingerprint density at radius 1 is 1.03 bits per heavy atom. The van der Waals surface area contributed by atoms with Crippen LogP contribution in [0.25, 0.3) is 0 Å². The molecule has 0 saturated carbocycles. The number of sulfonamides is 1. The summed E-state index contributed by atoms with van der Waals surface area (Å²) in [4.78, 5) is 14.9. The summed E-state index contributed by atoms with van der Waals surface area (Å²) in [6.45, 7) is -2.43. The van der Waals surface area contributed by atoms with Gasteiger partial charge >= 0.3 is 6.61 Å². The Morgan fingerprint density at radius 2 is 1.73 bits per heavy atom. The second-order valence-corrected chi connectivity index (χ2v) is 9.49. The number of halogens is 3. The summed E-state index contributed by atoms with van der Waals surface area (Å²) in [5.41, 5.74) is -0.616. The van der Waals surface area contributed by atoms with Crippen molar-refractivity contribution in [1.82, 2.24) is 4.31 Å². The number of rotatable bonds is 5. The number of nitrogens with zero attached hydrogens (tertiary/aromatic N) is 2. The Labute approximate surface area is 178 Å². The number of para-hydroxylation sites is 1. The van der Waals surface area contributed by atoms with Crippen molar-refractivity contribution in [3.8, 4) is 5.75 Å². The molecule has 1 amide bonds. The quantitative estimate of drug-likeness (QED) is 0.684. The Balaban J connectivity index is 1.64. The van der Waals surface area contributed by atoms with E-state index in [1.165, 1.54) is 33.5 Å². The third-order valence-electron chi connectivity index (χ3n) is 5.60. The molecule has 1 spiro atoms. The number of amides is 1. The summed E-state index contributed by atoms with van der Waals surface area (Å²) < 4.78 is 56.9. The summed E-state index contributed by atoms with van der Waals surface area (Å²) in [7, 11) is -4.01. The van der Waals surface area contributed by atoms with E-state index in [0.29, 0.717) is 36.5 Å². The lowest BCUT2D eigenvalue weighted by atomic mass is 9.96. The molecule has 2 aromatic carbocycles. The van der Waals surface area contributed by atoms with E-state index >= 15 is 0 Å². The van der Waals surface area contributed by atoms with Crippen LogP contribution in [0.5, 0.6) is 5.75 Å². The van der Waals surface area contributed by atoms with Gasteiger partial charge in [-0.3, -0.25) is 4.79 Å². The van der Waals surface area contributed by atoms with Gasteiger partial charge in [0.05, 0.1) is 15.6 Å². The van der Waals surface area contributed by atoms with Crippen LogP contribution in [0.2, 0.25) is 5.02 Å². The first-order chi connectivity index (χ1) is 14.3.